The van der Waals surface area contributed by atoms with Gasteiger partial charge in [-0.3, -0.25) is 0 Å². The van der Waals surface area contributed by atoms with E-state index >= 15 is 0 Å². The van der Waals surface area contributed by atoms with Crippen molar-refractivity contribution in [2.75, 3.05) is 13.2 Å². The molecule has 3 heteroatoms. The van der Waals surface area contributed by atoms with Gasteiger partial charge in [0.05, 0.1) is 13.2 Å². The Morgan fingerprint density at radius 2 is 1.05 bits per heavy atom. The molecule has 0 fully saturated rings. The van der Waals surface area contributed by atoms with Crippen molar-refractivity contribution in [3.63, 3.8) is 0 Å². The SMILES string of the molecule is CCO[P+](OCC)(c1ccccc1)c1ccccc1. The van der Waals surface area contributed by atoms with Gasteiger partial charge >= 0.3 is 7.72 Å². The molecule has 0 spiro atoms. The van der Waals surface area contributed by atoms with E-state index in [1.807, 2.05) is 50.2 Å². The van der Waals surface area contributed by atoms with E-state index in [1.54, 1.807) is 0 Å². The predicted molar refractivity (Wildman–Crippen MR) is 82.3 cm³/mol. The zero-order chi connectivity index (χ0) is 13.6. The lowest BCUT2D eigenvalue weighted by Gasteiger charge is -2.22. The van der Waals surface area contributed by atoms with Gasteiger partial charge < -0.3 is 0 Å². The first-order valence-electron chi connectivity index (χ1n) is 6.63. The van der Waals surface area contributed by atoms with Gasteiger partial charge in [0.1, 0.15) is 0 Å². The minimum Gasteiger partial charge on any atom is -0.196 e. The van der Waals surface area contributed by atoms with E-state index in [1.165, 1.54) is 0 Å². The topological polar surface area (TPSA) is 18.5 Å². The maximum absolute atomic E-state index is 6.13. The third-order valence-corrected chi connectivity index (χ3v) is 6.01. The highest BCUT2D eigenvalue weighted by molar-refractivity contribution is 7.81. The van der Waals surface area contributed by atoms with E-state index in [0.717, 1.165) is 10.6 Å². The van der Waals surface area contributed by atoms with Crippen molar-refractivity contribution >= 4 is 18.3 Å². The molecule has 19 heavy (non-hydrogen) atoms. The van der Waals surface area contributed by atoms with Crippen LogP contribution in [0, 0.1) is 0 Å². The van der Waals surface area contributed by atoms with Gasteiger partial charge in [-0.1, -0.05) is 36.4 Å². The van der Waals surface area contributed by atoms with Gasteiger partial charge in [-0.05, 0) is 38.1 Å². The second-order valence-corrected chi connectivity index (χ2v) is 6.71. The van der Waals surface area contributed by atoms with Gasteiger partial charge in [-0.25, -0.2) is 0 Å². The van der Waals surface area contributed by atoms with Crippen molar-refractivity contribution in [2.45, 2.75) is 13.8 Å². The Hall–Kier alpha value is -1.21. The van der Waals surface area contributed by atoms with Gasteiger partial charge in [0.25, 0.3) is 0 Å². The molecule has 0 heterocycles. The summed E-state index contributed by atoms with van der Waals surface area (Å²) in [4.78, 5) is 0. The first-order chi connectivity index (χ1) is 9.33. The van der Waals surface area contributed by atoms with Crippen LogP contribution in [0.1, 0.15) is 13.8 Å². The summed E-state index contributed by atoms with van der Waals surface area (Å²) in [6.07, 6.45) is 0. The Morgan fingerprint density at radius 3 is 1.37 bits per heavy atom. The zero-order valence-corrected chi connectivity index (χ0v) is 12.3. The quantitative estimate of drug-likeness (QED) is 0.750. The average molecular weight is 275 g/mol. The molecular weight excluding hydrogens is 255 g/mol. The van der Waals surface area contributed by atoms with Gasteiger partial charge in [0.15, 0.2) is 10.6 Å². The van der Waals surface area contributed by atoms with Crippen molar-refractivity contribution in [1.82, 2.24) is 0 Å². The predicted octanol–water partition coefficient (Wildman–Crippen LogP) is 3.56. The van der Waals surface area contributed by atoms with Gasteiger partial charge in [-0.2, -0.15) is 9.05 Å². The molecule has 100 valence electrons. The highest BCUT2D eigenvalue weighted by Crippen LogP contribution is 2.58. The summed E-state index contributed by atoms with van der Waals surface area (Å²) in [5.74, 6) is 0. The second-order valence-electron chi connectivity index (χ2n) is 4.06. The van der Waals surface area contributed by atoms with E-state index in [2.05, 4.69) is 24.3 Å². The molecule has 0 aliphatic rings. The van der Waals surface area contributed by atoms with Crippen molar-refractivity contribution in [1.29, 1.82) is 0 Å². The molecule has 0 radical (unpaired) electrons. The maximum atomic E-state index is 6.13. The largest absolute Gasteiger partial charge is 0.339 e. The van der Waals surface area contributed by atoms with Crippen molar-refractivity contribution < 1.29 is 9.05 Å². The van der Waals surface area contributed by atoms with Crippen LogP contribution >= 0.6 is 7.72 Å². The van der Waals surface area contributed by atoms with Gasteiger partial charge in [0.2, 0.25) is 0 Å². The van der Waals surface area contributed by atoms with Crippen LogP contribution in [0.2, 0.25) is 0 Å². The summed E-state index contributed by atoms with van der Waals surface area (Å²) in [7, 11) is -2.20. The molecule has 0 unspecified atom stereocenters. The molecule has 0 aromatic heterocycles. The highest BCUT2D eigenvalue weighted by Gasteiger charge is 2.47. The minimum atomic E-state index is -2.20. The zero-order valence-electron chi connectivity index (χ0n) is 11.5. The lowest BCUT2D eigenvalue weighted by Crippen LogP contribution is -2.26. The smallest absolute Gasteiger partial charge is 0.196 e. The Morgan fingerprint density at radius 1 is 0.684 bits per heavy atom. The second kappa shape index (κ2) is 6.81. The van der Waals surface area contributed by atoms with E-state index in [0.29, 0.717) is 13.2 Å². The number of hydrogen-bond acceptors (Lipinski definition) is 2. The molecule has 0 saturated heterocycles. The summed E-state index contributed by atoms with van der Waals surface area (Å²) in [6, 6.07) is 20.5. The van der Waals surface area contributed by atoms with E-state index in [9.17, 15) is 0 Å². The first-order valence-corrected chi connectivity index (χ1v) is 8.25. The van der Waals surface area contributed by atoms with Gasteiger partial charge in [0, 0.05) is 0 Å². The van der Waals surface area contributed by atoms with Crippen LogP contribution < -0.4 is 10.6 Å². The molecule has 0 aliphatic heterocycles. The minimum absolute atomic E-state index is 0.636. The molecule has 0 saturated carbocycles. The normalized spacial score (nSPS) is 11.5. The fourth-order valence-corrected chi connectivity index (χ4v) is 4.92. The number of rotatable bonds is 6. The summed E-state index contributed by atoms with van der Waals surface area (Å²) in [5, 5.41) is 2.26. The maximum Gasteiger partial charge on any atom is 0.339 e. The van der Waals surface area contributed by atoms with Crippen LogP contribution in [0.15, 0.2) is 60.7 Å². The van der Waals surface area contributed by atoms with Crippen LogP contribution in [0.25, 0.3) is 0 Å². The van der Waals surface area contributed by atoms with Crippen molar-refractivity contribution in [3.05, 3.63) is 60.7 Å². The molecule has 0 N–H and O–H groups in total. The molecule has 2 aromatic rings. The molecule has 0 aliphatic carbocycles. The third-order valence-electron chi connectivity index (χ3n) is 2.81. The standard InChI is InChI=1S/C16H20O2P/c1-3-17-19(18-4-2,15-11-7-5-8-12-15)16-13-9-6-10-14-16/h5-14H,3-4H2,1-2H3/q+1. The van der Waals surface area contributed by atoms with Crippen molar-refractivity contribution in [2.24, 2.45) is 0 Å². The molecule has 0 bridgehead atoms. The molecule has 0 atom stereocenters. The van der Waals surface area contributed by atoms with E-state index in [4.69, 9.17) is 9.05 Å². The van der Waals surface area contributed by atoms with E-state index in [-0.39, 0.29) is 0 Å². The molecule has 2 aromatic carbocycles. The third kappa shape index (κ3) is 3.03. The Labute approximate surface area is 115 Å². The molecular formula is C16H20O2P+. The average Bonchev–Trinajstić information content (AvgIpc) is 2.49. The Bertz CT molecular complexity index is 437. The summed E-state index contributed by atoms with van der Waals surface area (Å²) in [6.45, 7) is 5.30. The van der Waals surface area contributed by atoms with Crippen LogP contribution in [0.5, 0.6) is 0 Å². The monoisotopic (exact) mass is 275 g/mol. The lowest BCUT2D eigenvalue weighted by molar-refractivity contribution is 0.266. The number of hydrogen-bond donors (Lipinski definition) is 0. The number of benzene rings is 2. The highest BCUT2D eigenvalue weighted by atomic mass is 31.2. The summed E-state index contributed by atoms with van der Waals surface area (Å²) >= 11 is 0. The summed E-state index contributed by atoms with van der Waals surface area (Å²) < 4.78 is 12.3. The Balaban J connectivity index is 2.54. The lowest BCUT2D eigenvalue weighted by atomic mass is 10.4. The fourth-order valence-electron chi connectivity index (χ4n) is 2.10. The summed E-state index contributed by atoms with van der Waals surface area (Å²) in [5.41, 5.74) is 0. The molecule has 2 nitrogen and oxygen atoms in total. The van der Waals surface area contributed by atoms with Crippen LogP contribution in [-0.2, 0) is 9.05 Å². The van der Waals surface area contributed by atoms with E-state index < -0.39 is 7.72 Å². The van der Waals surface area contributed by atoms with Crippen LogP contribution in [0.3, 0.4) is 0 Å². The van der Waals surface area contributed by atoms with Crippen LogP contribution in [-0.4, -0.2) is 13.2 Å². The fraction of sp³-hybridized carbons (Fsp3) is 0.250. The van der Waals surface area contributed by atoms with Gasteiger partial charge in [-0.15, -0.1) is 0 Å². The van der Waals surface area contributed by atoms with Crippen molar-refractivity contribution in [3.8, 4) is 0 Å². The first kappa shape index (κ1) is 14.2. The van der Waals surface area contributed by atoms with Crippen LogP contribution in [0.4, 0.5) is 0 Å². The molecule has 2 rings (SSSR count). The molecule has 0 amide bonds. The Kier molecular flexibility index (Phi) is 5.09.